The molecule has 0 unspecified atom stereocenters. The summed E-state index contributed by atoms with van der Waals surface area (Å²) in [5.41, 5.74) is 3.50. The molecule has 1 amide bonds. The number of carbonyl (C=O) groups excluding carboxylic acids is 1. The molecular weight excluding hydrogens is 278 g/mol. The minimum Gasteiger partial charge on any atom is -0.321 e. The predicted octanol–water partition coefficient (Wildman–Crippen LogP) is 2.14. The number of aromatic nitrogens is 1. The number of benzene rings is 1. The molecule has 0 aliphatic carbocycles. The highest BCUT2D eigenvalue weighted by atomic mass is 35.5. The van der Waals surface area contributed by atoms with Gasteiger partial charge in [0.25, 0.3) is 5.91 Å². The first kappa shape index (κ1) is 13.8. The van der Waals surface area contributed by atoms with E-state index in [1.54, 1.807) is 24.3 Å². The minimum absolute atomic E-state index is 0.349. The van der Waals surface area contributed by atoms with E-state index in [-0.39, 0.29) is 5.91 Å². The van der Waals surface area contributed by atoms with Crippen LogP contribution in [0.25, 0.3) is 0 Å². The van der Waals surface area contributed by atoms with Gasteiger partial charge in [0.2, 0.25) is 0 Å². The molecule has 1 aromatic heterocycles. The van der Waals surface area contributed by atoms with E-state index in [0.29, 0.717) is 27.7 Å². The molecule has 1 aromatic carbocycles. The Morgan fingerprint density at radius 3 is 2.75 bits per heavy atom. The number of nitrogen functional groups attached to an aromatic ring is 1. The van der Waals surface area contributed by atoms with Crippen LogP contribution in [0.3, 0.4) is 0 Å². The second kappa shape index (κ2) is 6.02. The van der Waals surface area contributed by atoms with Crippen molar-refractivity contribution in [1.82, 2.24) is 4.98 Å². The smallest absolute Gasteiger partial charge is 0.257 e. The zero-order valence-corrected chi connectivity index (χ0v) is 11.0. The number of halogens is 1. The Bertz CT molecular complexity index is 678. The molecule has 7 heteroatoms. The maximum Gasteiger partial charge on any atom is 0.257 e. The molecule has 0 aliphatic heterocycles. The standard InChI is InChI=1S/C13H10ClN5O/c14-10-3-1-8(6-15)5-11(10)18-13(20)9-2-4-12(19-16)17-7-9/h1-5,7H,16H2,(H,17,19)(H,18,20). The first-order chi connectivity index (χ1) is 9.63. The zero-order valence-electron chi connectivity index (χ0n) is 10.2. The van der Waals surface area contributed by atoms with Gasteiger partial charge in [-0.1, -0.05) is 11.6 Å². The lowest BCUT2D eigenvalue weighted by Gasteiger charge is -2.07. The summed E-state index contributed by atoms with van der Waals surface area (Å²) in [5, 5.41) is 11.8. The number of rotatable bonds is 3. The van der Waals surface area contributed by atoms with Crippen LogP contribution in [0.4, 0.5) is 11.5 Å². The molecule has 0 bridgehead atoms. The summed E-state index contributed by atoms with van der Waals surface area (Å²) in [5.74, 6) is 5.26. The molecule has 0 spiro atoms. The molecule has 0 atom stereocenters. The maximum absolute atomic E-state index is 12.0. The molecule has 0 aliphatic rings. The van der Waals surface area contributed by atoms with Crippen LogP contribution in [0, 0.1) is 11.3 Å². The number of hydrogen-bond donors (Lipinski definition) is 3. The van der Waals surface area contributed by atoms with Gasteiger partial charge in [0.15, 0.2) is 0 Å². The monoisotopic (exact) mass is 287 g/mol. The molecular formula is C13H10ClN5O. The molecule has 2 aromatic rings. The summed E-state index contributed by atoms with van der Waals surface area (Å²) in [7, 11) is 0. The van der Waals surface area contributed by atoms with Gasteiger partial charge in [0.1, 0.15) is 5.82 Å². The first-order valence-corrected chi connectivity index (χ1v) is 5.95. The highest BCUT2D eigenvalue weighted by Crippen LogP contribution is 2.23. The van der Waals surface area contributed by atoms with E-state index >= 15 is 0 Å². The Morgan fingerprint density at radius 2 is 2.15 bits per heavy atom. The van der Waals surface area contributed by atoms with Crippen molar-refractivity contribution >= 4 is 29.0 Å². The van der Waals surface area contributed by atoms with Crippen molar-refractivity contribution in [3.8, 4) is 6.07 Å². The van der Waals surface area contributed by atoms with Crippen LogP contribution in [-0.2, 0) is 0 Å². The number of anilines is 2. The molecule has 4 N–H and O–H groups in total. The van der Waals surface area contributed by atoms with E-state index in [1.807, 2.05) is 6.07 Å². The van der Waals surface area contributed by atoms with E-state index < -0.39 is 0 Å². The second-order valence-electron chi connectivity index (χ2n) is 3.84. The number of hydrogen-bond acceptors (Lipinski definition) is 5. The lowest BCUT2D eigenvalue weighted by molar-refractivity contribution is 0.102. The van der Waals surface area contributed by atoms with Crippen LogP contribution in [0.15, 0.2) is 36.5 Å². The van der Waals surface area contributed by atoms with Crippen LogP contribution < -0.4 is 16.6 Å². The quantitative estimate of drug-likeness (QED) is 0.593. The molecule has 100 valence electrons. The van der Waals surface area contributed by atoms with E-state index in [0.717, 1.165) is 0 Å². The molecule has 0 radical (unpaired) electrons. The fourth-order valence-electron chi connectivity index (χ4n) is 1.50. The Kier molecular flexibility index (Phi) is 4.15. The third-order valence-corrected chi connectivity index (χ3v) is 2.85. The van der Waals surface area contributed by atoms with E-state index in [1.165, 1.54) is 12.3 Å². The van der Waals surface area contributed by atoms with Crippen LogP contribution in [0.2, 0.25) is 5.02 Å². The Hall–Kier alpha value is -2.62. The van der Waals surface area contributed by atoms with Crippen molar-refractivity contribution in [2.75, 3.05) is 10.7 Å². The molecule has 0 saturated carbocycles. The number of nitrogens with two attached hydrogens (primary N) is 1. The third-order valence-electron chi connectivity index (χ3n) is 2.52. The average molecular weight is 288 g/mol. The molecule has 20 heavy (non-hydrogen) atoms. The van der Waals surface area contributed by atoms with Crippen LogP contribution in [0.1, 0.15) is 15.9 Å². The largest absolute Gasteiger partial charge is 0.321 e. The highest BCUT2D eigenvalue weighted by Gasteiger charge is 2.09. The zero-order chi connectivity index (χ0) is 14.5. The van der Waals surface area contributed by atoms with Gasteiger partial charge in [0, 0.05) is 6.20 Å². The third kappa shape index (κ3) is 3.03. The number of pyridine rings is 1. The van der Waals surface area contributed by atoms with Gasteiger partial charge in [-0.2, -0.15) is 5.26 Å². The van der Waals surface area contributed by atoms with Gasteiger partial charge in [-0.25, -0.2) is 10.8 Å². The molecule has 0 fully saturated rings. The Morgan fingerprint density at radius 1 is 1.35 bits per heavy atom. The topological polar surface area (TPSA) is 104 Å². The average Bonchev–Trinajstić information content (AvgIpc) is 2.49. The fraction of sp³-hybridized carbons (Fsp3) is 0. The number of nitrogens with zero attached hydrogens (tertiary/aromatic N) is 2. The van der Waals surface area contributed by atoms with Gasteiger partial charge < -0.3 is 10.7 Å². The van der Waals surface area contributed by atoms with Gasteiger partial charge in [-0.15, -0.1) is 0 Å². The van der Waals surface area contributed by atoms with E-state index in [2.05, 4.69) is 15.7 Å². The second-order valence-corrected chi connectivity index (χ2v) is 4.24. The number of carbonyl (C=O) groups is 1. The lowest BCUT2D eigenvalue weighted by atomic mass is 10.2. The van der Waals surface area contributed by atoms with E-state index in [4.69, 9.17) is 22.7 Å². The number of hydrazine groups is 1. The van der Waals surface area contributed by atoms with Crippen LogP contribution in [-0.4, -0.2) is 10.9 Å². The van der Waals surface area contributed by atoms with Gasteiger partial charge in [-0.3, -0.25) is 4.79 Å². The summed E-state index contributed by atoms with van der Waals surface area (Å²) in [6, 6.07) is 9.74. The summed E-state index contributed by atoms with van der Waals surface area (Å²) < 4.78 is 0. The summed E-state index contributed by atoms with van der Waals surface area (Å²) in [4.78, 5) is 16.0. The maximum atomic E-state index is 12.0. The lowest BCUT2D eigenvalue weighted by Crippen LogP contribution is -2.14. The van der Waals surface area contributed by atoms with Gasteiger partial charge in [0.05, 0.1) is 27.9 Å². The number of nitriles is 1. The fourth-order valence-corrected chi connectivity index (χ4v) is 1.66. The highest BCUT2D eigenvalue weighted by molar-refractivity contribution is 6.34. The summed E-state index contributed by atoms with van der Waals surface area (Å²) in [6.07, 6.45) is 1.38. The van der Waals surface area contributed by atoms with Crippen molar-refractivity contribution in [3.05, 3.63) is 52.7 Å². The first-order valence-electron chi connectivity index (χ1n) is 5.57. The van der Waals surface area contributed by atoms with E-state index in [9.17, 15) is 4.79 Å². The molecule has 6 nitrogen and oxygen atoms in total. The predicted molar refractivity (Wildman–Crippen MR) is 76.2 cm³/mol. The summed E-state index contributed by atoms with van der Waals surface area (Å²) >= 11 is 5.97. The van der Waals surface area contributed by atoms with Crippen LogP contribution >= 0.6 is 11.6 Å². The SMILES string of the molecule is N#Cc1ccc(Cl)c(NC(=O)c2ccc(NN)nc2)c1. The normalized spacial score (nSPS) is 9.65. The van der Waals surface area contributed by atoms with Crippen molar-refractivity contribution in [3.63, 3.8) is 0 Å². The minimum atomic E-state index is -0.377. The van der Waals surface area contributed by atoms with Gasteiger partial charge in [-0.05, 0) is 30.3 Å². The Labute approximate surface area is 120 Å². The number of nitrogens with one attached hydrogen (secondary N) is 2. The van der Waals surface area contributed by atoms with Crippen molar-refractivity contribution in [2.24, 2.45) is 5.84 Å². The van der Waals surface area contributed by atoms with Crippen molar-refractivity contribution in [1.29, 1.82) is 5.26 Å². The molecule has 2 rings (SSSR count). The van der Waals surface area contributed by atoms with Crippen molar-refractivity contribution in [2.45, 2.75) is 0 Å². The Balaban J connectivity index is 2.20. The van der Waals surface area contributed by atoms with Crippen LogP contribution in [0.5, 0.6) is 0 Å². The van der Waals surface area contributed by atoms with Gasteiger partial charge >= 0.3 is 0 Å². The molecule has 0 saturated heterocycles. The number of amides is 1. The molecule has 1 heterocycles. The van der Waals surface area contributed by atoms with Crippen molar-refractivity contribution < 1.29 is 4.79 Å². The summed E-state index contributed by atoms with van der Waals surface area (Å²) in [6.45, 7) is 0.